The van der Waals surface area contributed by atoms with Crippen LogP contribution in [0, 0.1) is 17.7 Å². The minimum absolute atomic E-state index is 0.286. The zero-order valence-electron chi connectivity index (χ0n) is 18.6. The van der Waals surface area contributed by atoms with E-state index in [1.165, 1.54) is 16.7 Å². The number of nitrogens with one attached hydrogen (secondary N) is 1. The molecule has 4 aromatic rings. The van der Waals surface area contributed by atoms with Crippen LogP contribution in [0.3, 0.4) is 0 Å². The summed E-state index contributed by atoms with van der Waals surface area (Å²) in [5, 5.41) is 4.35. The van der Waals surface area contributed by atoms with Crippen LogP contribution in [0.15, 0.2) is 46.2 Å². The average Bonchev–Trinajstić information content (AvgIpc) is 3.46. The predicted octanol–water partition coefficient (Wildman–Crippen LogP) is 3.15. The van der Waals surface area contributed by atoms with Crippen LogP contribution in [0.2, 0.25) is 0 Å². The number of nitrogens with zero attached hydrogens (tertiary/aromatic N) is 5. The molecule has 9 heteroatoms. The number of fused-ring (bicyclic) bond motifs is 1. The number of halogens is 1. The summed E-state index contributed by atoms with van der Waals surface area (Å²) in [6.07, 6.45) is 5.49. The number of hydrogen-bond acceptors (Lipinski definition) is 4. The third-order valence-electron chi connectivity index (χ3n) is 5.21. The molecule has 0 fully saturated rings. The molecular formula is C24H25FN6O2. The van der Waals surface area contributed by atoms with E-state index in [2.05, 4.69) is 26.9 Å². The molecule has 3 heterocycles. The topological polar surface area (TPSA) is 90.5 Å². The second kappa shape index (κ2) is 9.69. The summed E-state index contributed by atoms with van der Waals surface area (Å²) in [5.41, 5.74) is 1.48. The van der Waals surface area contributed by atoms with Gasteiger partial charge in [0.25, 0.3) is 5.56 Å². The lowest BCUT2D eigenvalue weighted by molar-refractivity contribution is 0.555. The highest BCUT2D eigenvalue weighted by atomic mass is 19.1. The van der Waals surface area contributed by atoms with Gasteiger partial charge < -0.3 is 4.98 Å². The van der Waals surface area contributed by atoms with Crippen LogP contribution in [-0.4, -0.2) is 28.9 Å². The Bertz CT molecular complexity index is 1450. The van der Waals surface area contributed by atoms with E-state index >= 15 is 0 Å². The van der Waals surface area contributed by atoms with Gasteiger partial charge in [-0.25, -0.2) is 14.2 Å². The first-order valence-corrected chi connectivity index (χ1v) is 11.0. The van der Waals surface area contributed by atoms with Gasteiger partial charge in [0.05, 0.1) is 18.3 Å². The molecule has 0 spiro atoms. The summed E-state index contributed by atoms with van der Waals surface area (Å²) in [6.45, 7) is 5.32. The number of benzene rings is 1. The molecule has 1 aromatic carbocycles. The molecule has 4 rings (SSSR count). The number of rotatable bonds is 7. The van der Waals surface area contributed by atoms with Gasteiger partial charge in [-0.15, -0.1) is 0 Å². The summed E-state index contributed by atoms with van der Waals surface area (Å²) < 4.78 is 17.5. The van der Waals surface area contributed by atoms with Crippen molar-refractivity contribution in [2.24, 2.45) is 0 Å². The molecule has 0 saturated carbocycles. The van der Waals surface area contributed by atoms with Gasteiger partial charge in [-0.05, 0) is 37.1 Å². The summed E-state index contributed by atoms with van der Waals surface area (Å²) in [5.74, 6) is 6.26. The summed E-state index contributed by atoms with van der Waals surface area (Å²) in [4.78, 5) is 33.4. The van der Waals surface area contributed by atoms with Crippen molar-refractivity contribution in [2.45, 2.75) is 52.7 Å². The number of imidazole rings is 1. The predicted molar refractivity (Wildman–Crippen MR) is 124 cm³/mol. The van der Waals surface area contributed by atoms with Crippen LogP contribution >= 0.6 is 0 Å². The molecule has 33 heavy (non-hydrogen) atoms. The van der Waals surface area contributed by atoms with Crippen LogP contribution in [0.5, 0.6) is 0 Å². The maximum Gasteiger partial charge on any atom is 0.332 e. The Morgan fingerprint density at radius 3 is 2.48 bits per heavy atom. The second-order valence-corrected chi connectivity index (χ2v) is 7.73. The maximum atomic E-state index is 13.0. The number of H-pyrrole nitrogens is 1. The second-order valence-electron chi connectivity index (χ2n) is 7.73. The highest BCUT2D eigenvalue weighted by Gasteiger charge is 2.18. The van der Waals surface area contributed by atoms with Crippen molar-refractivity contribution < 1.29 is 4.39 Å². The van der Waals surface area contributed by atoms with Crippen molar-refractivity contribution in [2.75, 3.05) is 0 Å². The van der Waals surface area contributed by atoms with Crippen LogP contribution in [-0.2, 0) is 19.6 Å². The highest BCUT2D eigenvalue weighted by Crippen LogP contribution is 2.18. The van der Waals surface area contributed by atoms with Gasteiger partial charge in [-0.3, -0.25) is 18.6 Å². The van der Waals surface area contributed by atoms with Gasteiger partial charge in [-0.2, -0.15) is 5.10 Å². The zero-order valence-corrected chi connectivity index (χ0v) is 18.6. The molecule has 0 radical (unpaired) electrons. The van der Waals surface area contributed by atoms with Crippen molar-refractivity contribution in [3.05, 3.63) is 68.9 Å². The van der Waals surface area contributed by atoms with Gasteiger partial charge in [0, 0.05) is 31.3 Å². The Morgan fingerprint density at radius 1 is 1.03 bits per heavy atom. The van der Waals surface area contributed by atoms with Crippen molar-refractivity contribution in [1.29, 1.82) is 0 Å². The molecule has 0 aliphatic heterocycles. The molecule has 170 valence electrons. The first kappa shape index (κ1) is 22.3. The van der Waals surface area contributed by atoms with Gasteiger partial charge >= 0.3 is 5.69 Å². The van der Waals surface area contributed by atoms with Crippen molar-refractivity contribution in [1.82, 2.24) is 28.9 Å². The van der Waals surface area contributed by atoms with Gasteiger partial charge in [0.1, 0.15) is 17.2 Å². The largest absolute Gasteiger partial charge is 0.332 e. The van der Waals surface area contributed by atoms with Gasteiger partial charge in [-0.1, -0.05) is 25.7 Å². The van der Waals surface area contributed by atoms with E-state index in [0.29, 0.717) is 49.5 Å². The molecule has 0 amide bonds. The fourth-order valence-electron chi connectivity index (χ4n) is 3.63. The first-order valence-electron chi connectivity index (χ1n) is 11.0. The zero-order chi connectivity index (χ0) is 23.4. The number of hydrogen-bond donors (Lipinski definition) is 1. The molecule has 0 unspecified atom stereocenters. The monoisotopic (exact) mass is 448 g/mol. The van der Waals surface area contributed by atoms with E-state index in [1.807, 2.05) is 20.0 Å². The Morgan fingerprint density at radius 2 is 1.76 bits per heavy atom. The van der Waals surface area contributed by atoms with E-state index in [9.17, 15) is 14.0 Å². The highest BCUT2D eigenvalue weighted by molar-refractivity contribution is 5.75. The van der Waals surface area contributed by atoms with E-state index in [1.54, 1.807) is 27.6 Å². The third-order valence-corrected chi connectivity index (χ3v) is 5.21. The Kier molecular flexibility index (Phi) is 6.54. The molecule has 3 aromatic heterocycles. The summed E-state index contributed by atoms with van der Waals surface area (Å²) in [7, 11) is 0. The molecular weight excluding hydrogens is 423 g/mol. The normalized spacial score (nSPS) is 11.0. The smallest absolute Gasteiger partial charge is 0.332 e. The van der Waals surface area contributed by atoms with Crippen LogP contribution < -0.4 is 11.2 Å². The SMILES string of the molecule is CCCn1c(=O)c2[nH]c(-c3cnn(CCC#Cc4ccc(F)cc4)c3)nc2n(CCC)c1=O. The minimum atomic E-state index is -0.355. The van der Waals surface area contributed by atoms with Crippen LogP contribution in [0.1, 0.15) is 38.7 Å². The van der Waals surface area contributed by atoms with Crippen molar-refractivity contribution >= 4 is 11.2 Å². The molecule has 0 bridgehead atoms. The van der Waals surface area contributed by atoms with Crippen molar-refractivity contribution in [3.63, 3.8) is 0 Å². The lowest BCUT2D eigenvalue weighted by atomic mass is 10.2. The minimum Gasteiger partial charge on any atom is -0.332 e. The van der Waals surface area contributed by atoms with Crippen LogP contribution in [0.25, 0.3) is 22.6 Å². The number of aromatic nitrogens is 6. The van der Waals surface area contributed by atoms with Gasteiger partial charge in [0.2, 0.25) is 0 Å². The molecule has 8 nitrogen and oxygen atoms in total. The fraction of sp³-hybridized carbons (Fsp3) is 0.333. The van der Waals surface area contributed by atoms with E-state index in [4.69, 9.17) is 0 Å². The molecule has 1 N–H and O–H groups in total. The summed E-state index contributed by atoms with van der Waals surface area (Å²) >= 11 is 0. The lowest BCUT2D eigenvalue weighted by Crippen LogP contribution is -2.40. The quantitative estimate of drug-likeness (QED) is 0.440. The Labute approximate surface area is 189 Å². The van der Waals surface area contributed by atoms with Gasteiger partial charge in [0.15, 0.2) is 5.65 Å². The standard InChI is InChI=1S/C24H25FN6O2/c1-3-12-30-22-20(23(32)31(13-4-2)24(30)33)27-21(28-22)18-15-26-29(16-18)14-6-5-7-17-8-10-19(25)11-9-17/h8-11,15-16H,3-4,6,12-14H2,1-2H3,(H,27,28). The van der Waals surface area contributed by atoms with E-state index < -0.39 is 0 Å². The molecule has 0 atom stereocenters. The first-order chi connectivity index (χ1) is 16.0. The molecule has 0 saturated heterocycles. The maximum absolute atomic E-state index is 13.0. The average molecular weight is 449 g/mol. The number of aryl methyl sites for hydroxylation is 2. The lowest BCUT2D eigenvalue weighted by Gasteiger charge is -2.09. The van der Waals surface area contributed by atoms with E-state index in [0.717, 1.165) is 17.5 Å². The Balaban J connectivity index is 1.58. The number of aromatic amines is 1. The molecule has 0 aliphatic rings. The van der Waals surface area contributed by atoms with Crippen molar-refractivity contribution in [3.8, 4) is 23.2 Å². The van der Waals surface area contributed by atoms with Crippen LogP contribution in [0.4, 0.5) is 4.39 Å². The van der Waals surface area contributed by atoms with E-state index in [-0.39, 0.29) is 17.1 Å². The fourth-order valence-corrected chi connectivity index (χ4v) is 3.63. The third kappa shape index (κ3) is 4.65. The Hall–Kier alpha value is -3.93. The molecule has 0 aliphatic carbocycles. The summed E-state index contributed by atoms with van der Waals surface area (Å²) in [6, 6.07) is 6.05.